The van der Waals surface area contributed by atoms with Crippen molar-refractivity contribution in [1.29, 1.82) is 0 Å². The van der Waals surface area contributed by atoms with E-state index < -0.39 is 137 Å². The van der Waals surface area contributed by atoms with Gasteiger partial charge in [0.05, 0.1) is 6.04 Å². The van der Waals surface area contributed by atoms with E-state index in [1.54, 1.807) is 81.5 Å². The summed E-state index contributed by atoms with van der Waals surface area (Å²) in [6, 6.07) is -3.66. The topological polar surface area (TPSA) is 441 Å². The van der Waals surface area contributed by atoms with Crippen LogP contribution in [0.4, 0.5) is 0 Å². The number of rotatable bonds is 34. The smallest absolute Gasteiger partial charge is 0.326 e. The van der Waals surface area contributed by atoms with Crippen molar-refractivity contribution in [2.24, 2.45) is 74.2 Å². The largest absolute Gasteiger partial charge is 0.480 e. The van der Waals surface area contributed by atoms with Crippen molar-refractivity contribution in [1.82, 2.24) is 47.5 Å². The van der Waals surface area contributed by atoms with E-state index in [9.17, 15) is 48.3 Å². The average Bonchev–Trinajstić information content (AvgIpc) is 3.79. The Kier molecular flexibility index (Phi) is 28.4. The molecule has 20 N–H and O–H groups in total. The third-order valence-corrected chi connectivity index (χ3v) is 13.7. The van der Waals surface area contributed by atoms with Crippen LogP contribution < -0.4 is 71.2 Å². The number of guanidine groups is 2. The second-order valence-electron chi connectivity index (χ2n) is 22.0. The molecule has 0 spiro atoms. The summed E-state index contributed by atoms with van der Waals surface area (Å²) in [7, 11) is 0. The molecule has 2 aromatic rings. The highest BCUT2D eigenvalue weighted by molar-refractivity contribution is 5.99. The zero-order chi connectivity index (χ0) is 60.7. The van der Waals surface area contributed by atoms with Gasteiger partial charge in [0, 0.05) is 36.6 Å². The summed E-state index contributed by atoms with van der Waals surface area (Å²) in [4.78, 5) is 136. The van der Waals surface area contributed by atoms with E-state index in [0.717, 1.165) is 10.9 Å². The van der Waals surface area contributed by atoms with E-state index in [1.807, 2.05) is 32.0 Å². The number of carbonyl (C=O) groups excluding carboxylic acids is 8. The second kappa shape index (κ2) is 33.2. The molecule has 1 aromatic carbocycles. The maximum absolute atomic E-state index is 14.6. The molecule has 8 amide bonds. The Bertz CT molecular complexity index is 2470. The molecule has 0 aliphatic carbocycles. The van der Waals surface area contributed by atoms with Crippen LogP contribution in [0.2, 0.25) is 0 Å². The van der Waals surface area contributed by atoms with Crippen LogP contribution in [0.1, 0.15) is 121 Å². The number of carbonyl (C=O) groups is 9. The predicted molar refractivity (Wildman–Crippen MR) is 307 cm³/mol. The van der Waals surface area contributed by atoms with Crippen LogP contribution in [0.15, 0.2) is 40.4 Å². The number of carboxylic acid groups (broad SMARTS) is 1. The molecule has 10 atom stereocenters. The molecule has 0 unspecified atom stereocenters. The number of aromatic nitrogens is 1. The van der Waals surface area contributed by atoms with Crippen LogP contribution in [-0.4, -0.2) is 143 Å². The van der Waals surface area contributed by atoms with Crippen LogP contribution in [0.3, 0.4) is 0 Å². The molecule has 1 aromatic heterocycles. The third-order valence-electron chi connectivity index (χ3n) is 13.7. The van der Waals surface area contributed by atoms with Gasteiger partial charge < -0.3 is 81.3 Å². The molecule has 2 rings (SSSR count). The van der Waals surface area contributed by atoms with Crippen LogP contribution in [0, 0.1) is 35.5 Å². The Morgan fingerprint density at radius 1 is 0.500 bits per heavy atom. The van der Waals surface area contributed by atoms with Crippen molar-refractivity contribution in [3.63, 3.8) is 0 Å². The highest BCUT2D eigenvalue weighted by atomic mass is 16.4. The highest BCUT2D eigenvalue weighted by Gasteiger charge is 2.38. The molecule has 80 heavy (non-hydrogen) atoms. The second-order valence-corrected chi connectivity index (χ2v) is 22.0. The van der Waals surface area contributed by atoms with Crippen molar-refractivity contribution in [2.75, 3.05) is 13.1 Å². The summed E-state index contributed by atoms with van der Waals surface area (Å²) in [6.45, 7) is 20.8. The van der Waals surface area contributed by atoms with E-state index >= 15 is 0 Å². The number of benzene rings is 1. The number of amides is 8. The summed E-state index contributed by atoms with van der Waals surface area (Å²) >= 11 is 0. The van der Waals surface area contributed by atoms with Gasteiger partial charge in [-0.2, -0.15) is 0 Å². The minimum atomic E-state index is -1.37. The number of carboxylic acids is 1. The third kappa shape index (κ3) is 22.0. The number of aliphatic imine (C=N–C) groups is 2. The summed E-state index contributed by atoms with van der Waals surface area (Å²) in [5, 5.41) is 32.3. The van der Waals surface area contributed by atoms with E-state index in [2.05, 4.69) is 57.5 Å². The number of para-hydroxylation sites is 1. The quantitative estimate of drug-likeness (QED) is 0.0237. The van der Waals surface area contributed by atoms with Crippen molar-refractivity contribution >= 4 is 76.0 Å². The van der Waals surface area contributed by atoms with Crippen molar-refractivity contribution in [3.8, 4) is 0 Å². The van der Waals surface area contributed by atoms with Crippen molar-refractivity contribution < 1.29 is 48.3 Å². The number of hydrogen-bond donors (Lipinski definition) is 15. The minimum absolute atomic E-state index is 0.0117. The Morgan fingerprint density at radius 2 is 0.850 bits per heavy atom. The normalized spacial score (nSPS) is 15.2. The molecule has 0 saturated heterocycles. The summed E-state index contributed by atoms with van der Waals surface area (Å²) in [5.74, 6) is -10.2. The van der Waals surface area contributed by atoms with E-state index in [4.69, 9.17) is 28.7 Å². The maximum Gasteiger partial charge on any atom is 0.326 e. The Labute approximate surface area is 469 Å². The molecule has 0 fully saturated rings. The lowest BCUT2D eigenvalue weighted by molar-refractivity contribution is -0.143. The van der Waals surface area contributed by atoms with Gasteiger partial charge in [-0.25, -0.2) is 4.79 Å². The van der Waals surface area contributed by atoms with E-state index in [-0.39, 0.29) is 63.0 Å². The predicted octanol–water partition coefficient (Wildman–Crippen LogP) is -0.566. The molecule has 26 heteroatoms. The maximum atomic E-state index is 14.6. The lowest BCUT2D eigenvalue weighted by Crippen LogP contribution is -2.62. The highest BCUT2D eigenvalue weighted by Crippen LogP contribution is 2.20. The molecule has 0 radical (unpaired) electrons. The van der Waals surface area contributed by atoms with Crippen LogP contribution in [0.25, 0.3) is 10.9 Å². The lowest BCUT2D eigenvalue weighted by Gasteiger charge is -2.31. The summed E-state index contributed by atoms with van der Waals surface area (Å²) in [5.41, 5.74) is 29.4. The fourth-order valence-corrected chi connectivity index (χ4v) is 8.48. The van der Waals surface area contributed by atoms with Gasteiger partial charge in [-0.15, -0.1) is 0 Å². The zero-order valence-electron chi connectivity index (χ0n) is 48.6. The number of nitrogens with one attached hydrogen (secondary N) is 9. The molecule has 1 heterocycles. The van der Waals surface area contributed by atoms with Gasteiger partial charge >= 0.3 is 5.97 Å². The molecule has 26 nitrogen and oxygen atoms in total. The summed E-state index contributed by atoms with van der Waals surface area (Å²) < 4.78 is 0. The minimum Gasteiger partial charge on any atom is -0.480 e. The van der Waals surface area contributed by atoms with Gasteiger partial charge in [0.25, 0.3) is 0 Å². The van der Waals surface area contributed by atoms with Gasteiger partial charge in [-0.1, -0.05) is 108 Å². The first-order chi connectivity index (χ1) is 37.4. The van der Waals surface area contributed by atoms with Gasteiger partial charge in [0.1, 0.15) is 48.3 Å². The molecule has 0 saturated carbocycles. The van der Waals surface area contributed by atoms with Crippen molar-refractivity contribution in [3.05, 3.63) is 36.0 Å². The van der Waals surface area contributed by atoms with Gasteiger partial charge in [-0.3, -0.25) is 48.3 Å². The Hall–Kier alpha value is -7.51. The Balaban J connectivity index is 2.51. The molecular weight excluding hydrogens is 1030 g/mol. The lowest BCUT2D eigenvalue weighted by atomic mass is 9.96. The zero-order valence-corrected chi connectivity index (χ0v) is 48.6. The number of fused-ring (bicyclic) bond motifs is 1. The van der Waals surface area contributed by atoms with Gasteiger partial charge in [0.2, 0.25) is 47.3 Å². The fourth-order valence-electron chi connectivity index (χ4n) is 8.48. The fraction of sp³-hybridized carbons (Fsp3) is 0.648. The number of aliphatic carboxylic acids is 1. The first-order valence-electron chi connectivity index (χ1n) is 27.5. The SMILES string of the molecule is CC[C@H](C)[C@H](N)C(=O)N[C@H](C(=O)N[C@H](C(=O)N[C@@H](CCCN=C(N)N)C(=O)N[C@H](C(=O)N[C@@H](Cc1c[nH]c2ccccc12)C(=O)N[C@H](C(=O)N[C@H](C(=O)N[C@@H](CCCN=C(N)N)C(=O)O)C(C)C)C(C)C)C(C)C)C(C)C)C(C)C. The molecule has 448 valence electrons. The first-order valence-corrected chi connectivity index (χ1v) is 27.5. The number of hydrogen-bond acceptors (Lipinski definition) is 12. The van der Waals surface area contributed by atoms with Crippen LogP contribution >= 0.6 is 0 Å². The van der Waals surface area contributed by atoms with Gasteiger partial charge in [-0.05, 0) is 72.8 Å². The van der Waals surface area contributed by atoms with Crippen LogP contribution in [-0.2, 0) is 49.6 Å². The molecular formula is C54H92N16O10. The van der Waals surface area contributed by atoms with Gasteiger partial charge in [0.15, 0.2) is 11.9 Å². The van der Waals surface area contributed by atoms with E-state index in [0.29, 0.717) is 12.0 Å². The standard InChI is InChI=1S/C54H92N16O10/c1-13-31(12)38(55)46(73)68-43(30(10)11)51(78)69-40(27(4)5)47(74)63-35(20-16-22-60-53(56)57)44(71)66-39(26(2)3)49(76)65-37(24-32-25-62-34-19-15-14-18-33(32)34)45(72)67-42(29(8)9)50(77)70-41(28(6)7)48(75)64-36(52(79)80)21-17-23-61-54(58)59/h14-15,18-19,25-31,35-43,62H,13,16-17,20-24,55H2,1-12H3,(H,63,74)(H,64,75)(H,65,76)(H,66,71)(H,67,72)(H,68,73)(H,69,78)(H,70,77)(H,79,80)(H4,56,57,60)(H4,58,59,61)/t31-,35-,36-,37-,38-,39-,40-,41-,42-,43-/m0/s1. The molecule has 0 aliphatic rings. The molecule has 0 aliphatic heterocycles. The Morgan fingerprint density at radius 3 is 1.25 bits per heavy atom. The summed E-state index contributed by atoms with van der Waals surface area (Å²) in [6.07, 6.45) is 2.61. The average molecular weight is 1130 g/mol. The molecule has 0 bridgehead atoms. The first kappa shape index (κ1) is 68.6. The number of nitrogens with zero attached hydrogens (tertiary/aromatic N) is 2. The monoisotopic (exact) mass is 1120 g/mol. The van der Waals surface area contributed by atoms with Crippen LogP contribution in [0.5, 0.6) is 0 Å². The number of nitrogens with two attached hydrogens (primary N) is 5. The van der Waals surface area contributed by atoms with Crippen molar-refractivity contribution in [2.45, 2.75) is 176 Å². The number of H-pyrrole nitrogens is 1. The van der Waals surface area contributed by atoms with E-state index in [1.165, 1.54) is 0 Å². The number of aromatic amines is 1.